The number of ether oxygens (including phenoxy) is 1. The minimum atomic E-state index is -0.631. The van der Waals surface area contributed by atoms with Crippen LogP contribution >= 0.6 is 0 Å². The van der Waals surface area contributed by atoms with Gasteiger partial charge in [0.15, 0.2) is 0 Å². The van der Waals surface area contributed by atoms with Gasteiger partial charge in [0.25, 0.3) is 5.91 Å². The Labute approximate surface area is 189 Å². The van der Waals surface area contributed by atoms with Gasteiger partial charge in [-0.25, -0.2) is 0 Å². The van der Waals surface area contributed by atoms with E-state index in [1.54, 1.807) is 31.4 Å². The highest BCUT2D eigenvalue weighted by molar-refractivity contribution is 5.94. The molecule has 3 amide bonds. The fraction of sp³-hybridized carbons (Fsp3) is 0.400. The lowest BCUT2D eigenvalue weighted by Gasteiger charge is -2.33. The van der Waals surface area contributed by atoms with Crippen LogP contribution in [-0.2, 0) is 16.0 Å². The Hall–Kier alpha value is -3.35. The summed E-state index contributed by atoms with van der Waals surface area (Å²) in [6.07, 6.45) is 1.78. The SMILES string of the molecule is COc1ccc(C(=O)N2CCC(NC(=O)C(Cc3cccc(C)c3)NC(C)=O)CC2)cc1. The monoisotopic (exact) mass is 437 g/mol. The largest absolute Gasteiger partial charge is 0.497 e. The number of aryl methyl sites for hydroxylation is 1. The minimum Gasteiger partial charge on any atom is -0.497 e. The maximum Gasteiger partial charge on any atom is 0.253 e. The number of rotatable bonds is 7. The zero-order valence-electron chi connectivity index (χ0n) is 18.9. The zero-order valence-corrected chi connectivity index (χ0v) is 18.9. The highest BCUT2D eigenvalue weighted by atomic mass is 16.5. The first-order valence-corrected chi connectivity index (χ1v) is 10.9. The molecule has 2 aromatic carbocycles. The number of piperidine rings is 1. The second-order valence-electron chi connectivity index (χ2n) is 8.25. The second-order valence-corrected chi connectivity index (χ2v) is 8.25. The summed E-state index contributed by atoms with van der Waals surface area (Å²) in [6.45, 7) is 4.55. The van der Waals surface area contributed by atoms with Gasteiger partial charge in [-0.1, -0.05) is 29.8 Å². The molecule has 0 saturated carbocycles. The van der Waals surface area contributed by atoms with E-state index in [2.05, 4.69) is 10.6 Å². The molecule has 1 atom stereocenters. The summed E-state index contributed by atoms with van der Waals surface area (Å²) < 4.78 is 5.14. The lowest BCUT2D eigenvalue weighted by Crippen LogP contribution is -2.53. The molecule has 1 unspecified atom stereocenters. The summed E-state index contributed by atoms with van der Waals surface area (Å²) in [4.78, 5) is 39.1. The third kappa shape index (κ3) is 6.33. The van der Waals surface area contributed by atoms with Gasteiger partial charge in [-0.05, 0) is 49.6 Å². The van der Waals surface area contributed by atoms with E-state index in [4.69, 9.17) is 4.74 Å². The Balaban J connectivity index is 1.55. The molecule has 1 aliphatic heterocycles. The van der Waals surface area contributed by atoms with Crippen LogP contribution in [0.15, 0.2) is 48.5 Å². The molecule has 1 heterocycles. The van der Waals surface area contributed by atoms with Gasteiger partial charge in [0, 0.05) is 38.0 Å². The Morgan fingerprint density at radius 3 is 2.38 bits per heavy atom. The summed E-state index contributed by atoms with van der Waals surface area (Å²) in [5, 5.41) is 5.83. The van der Waals surface area contributed by atoms with E-state index in [0.717, 1.165) is 11.1 Å². The van der Waals surface area contributed by atoms with Gasteiger partial charge in [-0.15, -0.1) is 0 Å². The summed E-state index contributed by atoms with van der Waals surface area (Å²) in [5.41, 5.74) is 2.73. The van der Waals surface area contributed by atoms with Crippen molar-refractivity contribution in [2.24, 2.45) is 0 Å². The molecule has 32 heavy (non-hydrogen) atoms. The van der Waals surface area contributed by atoms with Gasteiger partial charge in [-0.3, -0.25) is 14.4 Å². The number of benzene rings is 2. The summed E-state index contributed by atoms with van der Waals surface area (Å²) in [6, 6.07) is 14.3. The van der Waals surface area contributed by atoms with Gasteiger partial charge in [0.2, 0.25) is 11.8 Å². The third-order valence-electron chi connectivity index (χ3n) is 5.68. The van der Waals surface area contributed by atoms with Crippen molar-refractivity contribution < 1.29 is 19.1 Å². The van der Waals surface area contributed by atoms with Gasteiger partial charge in [0.05, 0.1) is 7.11 Å². The van der Waals surface area contributed by atoms with Crippen LogP contribution in [0.1, 0.15) is 41.3 Å². The molecule has 2 N–H and O–H groups in total. The highest BCUT2D eigenvalue weighted by Crippen LogP contribution is 2.17. The lowest BCUT2D eigenvalue weighted by molar-refractivity contribution is -0.128. The Morgan fingerprint density at radius 1 is 1.09 bits per heavy atom. The standard InChI is InChI=1S/C25H31N3O4/c1-17-5-4-6-19(15-17)16-23(26-18(2)29)24(30)27-21-11-13-28(14-12-21)25(31)20-7-9-22(32-3)10-8-20/h4-10,15,21,23H,11-14,16H2,1-3H3,(H,26,29)(H,27,30). The molecule has 3 rings (SSSR count). The average Bonchev–Trinajstić information content (AvgIpc) is 2.78. The van der Waals surface area contributed by atoms with E-state index in [1.165, 1.54) is 6.92 Å². The number of likely N-dealkylation sites (tertiary alicyclic amines) is 1. The lowest BCUT2D eigenvalue weighted by atomic mass is 10.0. The minimum absolute atomic E-state index is 0.0204. The molecule has 1 aliphatic rings. The third-order valence-corrected chi connectivity index (χ3v) is 5.68. The molecule has 170 valence electrons. The fourth-order valence-corrected chi connectivity index (χ4v) is 3.97. The van der Waals surface area contributed by atoms with Crippen molar-refractivity contribution in [3.8, 4) is 5.75 Å². The van der Waals surface area contributed by atoms with Crippen LogP contribution in [-0.4, -0.2) is 54.9 Å². The molecule has 7 nitrogen and oxygen atoms in total. The predicted octanol–water partition coefficient (Wildman–Crippen LogP) is 2.47. The number of nitrogens with one attached hydrogen (secondary N) is 2. The molecule has 0 aliphatic carbocycles. The maximum absolute atomic E-state index is 12.9. The smallest absolute Gasteiger partial charge is 0.253 e. The zero-order chi connectivity index (χ0) is 23.1. The molecule has 0 spiro atoms. The summed E-state index contributed by atoms with van der Waals surface area (Å²) >= 11 is 0. The van der Waals surface area contributed by atoms with E-state index in [0.29, 0.717) is 43.7 Å². The molecule has 1 saturated heterocycles. The average molecular weight is 438 g/mol. The molecule has 7 heteroatoms. The van der Waals surface area contributed by atoms with Crippen molar-refractivity contribution in [2.45, 2.75) is 45.2 Å². The Kier molecular flexibility index (Phi) is 7.87. The quantitative estimate of drug-likeness (QED) is 0.697. The van der Waals surface area contributed by atoms with Crippen LogP contribution in [0.5, 0.6) is 5.75 Å². The summed E-state index contributed by atoms with van der Waals surface area (Å²) in [7, 11) is 1.59. The van der Waals surface area contributed by atoms with Crippen molar-refractivity contribution in [3.05, 3.63) is 65.2 Å². The molecular weight excluding hydrogens is 406 g/mol. The van der Waals surface area contributed by atoms with Crippen LogP contribution in [0.25, 0.3) is 0 Å². The van der Waals surface area contributed by atoms with Crippen molar-refractivity contribution >= 4 is 17.7 Å². The van der Waals surface area contributed by atoms with Crippen molar-refractivity contribution in [1.82, 2.24) is 15.5 Å². The second kappa shape index (κ2) is 10.8. The van der Waals surface area contributed by atoms with Crippen LogP contribution < -0.4 is 15.4 Å². The van der Waals surface area contributed by atoms with Gasteiger partial charge in [0.1, 0.15) is 11.8 Å². The Morgan fingerprint density at radius 2 is 1.78 bits per heavy atom. The number of carbonyl (C=O) groups excluding carboxylic acids is 3. The molecule has 0 aromatic heterocycles. The number of hydrogen-bond donors (Lipinski definition) is 2. The van der Waals surface area contributed by atoms with Crippen LogP contribution in [0.2, 0.25) is 0 Å². The van der Waals surface area contributed by atoms with Crippen LogP contribution in [0, 0.1) is 6.92 Å². The highest BCUT2D eigenvalue weighted by Gasteiger charge is 2.27. The molecular formula is C25H31N3O4. The van der Waals surface area contributed by atoms with E-state index in [1.807, 2.05) is 36.1 Å². The molecule has 0 radical (unpaired) electrons. The number of nitrogens with zero attached hydrogens (tertiary/aromatic N) is 1. The first-order chi connectivity index (χ1) is 15.4. The van der Waals surface area contributed by atoms with E-state index < -0.39 is 6.04 Å². The Bertz CT molecular complexity index is 950. The maximum atomic E-state index is 12.9. The van der Waals surface area contributed by atoms with Crippen LogP contribution in [0.3, 0.4) is 0 Å². The van der Waals surface area contributed by atoms with Crippen LogP contribution in [0.4, 0.5) is 0 Å². The molecule has 2 aromatic rings. The van der Waals surface area contributed by atoms with Gasteiger partial charge < -0.3 is 20.3 Å². The van der Waals surface area contributed by atoms with Gasteiger partial charge >= 0.3 is 0 Å². The van der Waals surface area contributed by atoms with Crippen molar-refractivity contribution in [3.63, 3.8) is 0 Å². The number of carbonyl (C=O) groups is 3. The number of hydrogen-bond acceptors (Lipinski definition) is 4. The first kappa shape index (κ1) is 23.3. The number of methoxy groups -OCH3 is 1. The first-order valence-electron chi connectivity index (χ1n) is 10.9. The number of amides is 3. The van der Waals surface area contributed by atoms with E-state index >= 15 is 0 Å². The fourth-order valence-electron chi connectivity index (χ4n) is 3.97. The molecule has 1 fully saturated rings. The predicted molar refractivity (Wildman–Crippen MR) is 123 cm³/mol. The van der Waals surface area contributed by atoms with E-state index in [-0.39, 0.29) is 23.8 Å². The topological polar surface area (TPSA) is 87.7 Å². The van der Waals surface area contributed by atoms with Crippen molar-refractivity contribution in [2.75, 3.05) is 20.2 Å². The van der Waals surface area contributed by atoms with E-state index in [9.17, 15) is 14.4 Å². The normalized spacial score (nSPS) is 15.0. The van der Waals surface area contributed by atoms with Gasteiger partial charge in [-0.2, -0.15) is 0 Å². The molecule has 0 bridgehead atoms. The summed E-state index contributed by atoms with van der Waals surface area (Å²) in [5.74, 6) is 0.259. The van der Waals surface area contributed by atoms with Crippen molar-refractivity contribution in [1.29, 1.82) is 0 Å².